The molecule has 0 heterocycles. The van der Waals surface area contributed by atoms with Gasteiger partial charge in [-0.3, -0.25) is 0 Å². The van der Waals surface area contributed by atoms with Gasteiger partial charge < -0.3 is 10.0 Å². The minimum atomic E-state index is -1.41. The third-order valence-electron chi connectivity index (χ3n) is 3.17. The van der Waals surface area contributed by atoms with Crippen LogP contribution < -0.4 is 5.46 Å². The van der Waals surface area contributed by atoms with E-state index in [1.807, 2.05) is 30.3 Å². The van der Waals surface area contributed by atoms with Gasteiger partial charge in [-0.1, -0.05) is 35.9 Å². The molecule has 0 bridgehead atoms. The lowest BCUT2D eigenvalue weighted by molar-refractivity contribution is 0.426. The topological polar surface area (TPSA) is 40.5 Å². The van der Waals surface area contributed by atoms with E-state index in [0.717, 1.165) is 22.6 Å². The first-order valence-electron chi connectivity index (χ1n) is 5.43. The lowest BCUT2D eigenvalue weighted by atomic mass is 9.79. The average molecular weight is 244 g/mol. The quantitative estimate of drug-likeness (QED) is 0.638. The fourth-order valence-electron chi connectivity index (χ4n) is 2.36. The number of benzene rings is 2. The normalized spacial score (nSPS) is 12.2. The highest BCUT2D eigenvalue weighted by atomic mass is 35.5. The molecule has 0 saturated carbocycles. The molecule has 2 N–H and O–H groups in total. The maximum absolute atomic E-state index is 9.15. The molecule has 2 aromatic carbocycles. The summed E-state index contributed by atoms with van der Waals surface area (Å²) in [6.07, 6.45) is 0.797. The number of rotatable bonds is 1. The van der Waals surface area contributed by atoms with E-state index in [1.165, 1.54) is 11.1 Å². The molecule has 0 saturated heterocycles. The molecule has 17 heavy (non-hydrogen) atoms. The van der Waals surface area contributed by atoms with Gasteiger partial charge in [0.25, 0.3) is 0 Å². The summed E-state index contributed by atoms with van der Waals surface area (Å²) < 4.78 is 0. The zero-order valence-corrected chi connectivity index (χ0v) is 9.78. The summed E-state index contributed by atoms with van der Waals surface area (Å²) in [5, 5.41) is 19.0. The molecule has 84 valence electrons. The molecular formula is C13H10BClO2. The van der Waals surface area contributed by atoms with Crippen molar-refractivity contribution in [3.63, 3.8) is 0 Å². The van der Waals surface area contributed by atoms with Crippen molar-refractivity contribution >= 4 is 24.2 Å². The Balaban J connectivity index is 2.12. The SMILES string of the molecule is OB(O)c1ccc2c(c1)Cc1cc(Cl)ccc1-2. The number of halogens is 1. The molecule has 0 amide bonds. The van der Waals surface area contributed by atoms with E-state index in [0.29, 0.717) is 5.46 Å². The number of fused-ring (bicyclic) bond motifs is 3. The van der Waals surface area contributed by atoms with E-state index in [-0.39, 0.29) is 0 Å². The summed E-state index contributed by atoms with van der Waals surface area (Å²) in [5.41, 5.74) is 5.18. The van der Waals surface area contributed by atoms with E-state index >= 15 is 0 Å². The zero-order valence-electron chi connectivity index (χ0n) is 9.02. The highest BCUT2D eigenvalue weighted by Crippen LogP contribution is 2.37. The van der Waals surface area contributed by atoms with Crippen molar-refractivity contribution in [2.45, 2.75) is 6.42 Å². The Morgan fingerprint density at radius 2 is 1.59 bits per heavy atom. The van der Waals surface area contributed by atoms with Gasteiger partial charge in [0.1, 0.15) is 0 Å². The molecule has 4 heteroatoms. The highest BCUT2D eigenvalue weighted by Gasteiger charge is 2.21. The van der Waals surface area contributed by atoms with Gasteiger partial charge >= 0.3 is 7.12 Å². The van der Waals surface area contributed by atoms with Crippen molar-refractivity contribution in [1.82, 2.24) is 0 Å². The van der Waals surface area contributed by atoms with Gasteiger partial charge in [0.15, 0.2) is 0 Å². The van der Waals surface area contributed by atoms with Crippen LogP contribution in [0.2, 0.25) is 5.02 Å². The zero-order chi connectivity index (χ0) is 12.0. The van der Waals surface area contributed by atoms with Gasteiger partial charge in [-0.2, -0.15) is 0 Å². The van der Waals surface area contributed by atoms with Crippen LogP contribution in [0.15, 0.2) is 36.4 Å². The molecule has 2 nitrogen and oxygen atoms in total. The molecule has 0 atom stereocenters. The van der Waals surface area contributed by atoms with E-state index < -0.39 is 7.12 Å². The van der Waals surface area contributed by atoms with Crippen molar-refractivity contribution in [1.29, 1.82) is 0 Å². The van der Waals surface area contributed by atoms with Crippen molar-refractivity contribution in [2.24, 2.45) is 0 Å². The van der Waals surface area contributed by atoms with E-state index in [4.69, 9.17) is 21.6 Å². The fraction of sp³-hybridized carbons (Fsp3) is 0.0769. The summed E-state index contributed by atoms with van der Waals surface area (Å²) in [7, 11) is -1.41. The molecule has 0 spiro atoms. The number of hydrogen-bond acceptors (Lipinski definition) is 2. The molecule has 1 aliphatic carbocycles. The molecule has 0 aromatic heterocycles. The Bertz CT molecular complexity index is 596. The van der Waals surface area contributed by atoms with E-state index in [1.54, 1.807) is 6.07 Å². The van der Waals surface area contributed by atoms with Gasteiger partial charge in [-0.15, -0.1) is 0 Å². The largest absolute Gasteiger partial charge is 0.488 e. The lowest BCUT2D eigenvalue weighted by Crippen LogP contribution is -2.29. The maximum Gasteiger partial charge on any atom is 0.488 e. The number of hydrogen-bond donors (Lipinski definition) is 2. The summed E-state index contributed by atoms with van der Waals surface area (Å²) in [5.74, 6) is 0. The van der Waals surface area contributed by atoms with Crippen LogP contribution in [-0.2, 0) is 6.42 Å². The second kappa shape index (κ2) is 3.88. The van der Waals surface area contributed by atoms with Crippen LogP contribution in [0.5, 0.6) is 0 Å². The third-order valence-corrected chi connectivity index (χ3v) is 3.40. The molecule has 2 aromatic rings. The average Bonchev–Trinajstić information content (AvgIpc) is 2.64. The van der Waals surface area contributed by atoms with Crippen LogP contribution in [-0.4, -0.2) is 17.2 Å². The van der Waals surface area contributed by atoms with Crippen LogP contribution in [0.4, 0.5) is 0 Å². The maximum atomic E-state index is 9.15. The van der Waals surface area contributed by atoms with Gasteiger partial charge in [0.2, 0.25) is 0 Å². The summed E-state index contributed by atoms with van der Waals surface area (Å²) >= 11 is 5.97. The molecule has 0 fully saturated rings. The third kappa shape index (κ3) is 1.76. The second-order valence-electron chi connectivity index (χ2n) is 4.27. The Morgan fingerprint density at radius 3 is 2.29 bits per heavy atom. The van der Waals surface area contributed by atoms with Gasteiger partial charge in [-0.05, 0) is 46.3 Å². The van der Waals surface area contributed by atoms with Crippen LogP contribution in [0.1, 0.15) is 11.1 Å². The van der Waals surface area contributed by atoms with Crippen molar-refractivity contribution in [2.75, 3.05) is 0 Å². The van der Waals surface area contributed by atoms with Gasteiger partial charge in [0.05, 0.1) is 0 Å². The van der Waals surface area contributed by atoms with Crippen molar-refractivity contribution in [3.05, 3.63) is 52.5 Å². The van der Waals surface area contributed by atoms with Crippen molar-refractivity contribution in [3.8, 4) is 11.1 Å². The Morgan fingerprint density at radius 1 is 0.941 bits per heavy atom. The summed E-state index contributed by atoms with van der Waals surface area (Å²) in [6.45, 7) is 0. The first-order chi connectivity index (χ1) is 8.15. The first-order valence-corrected chi connectivity index (χ1v) is 5.81. The van der Waals surface area contributed by atoms with E-state index in [2.05, 4.69) is 0 Å². The summed E-state index contributed by atoms with van der Waals surface area (Å²) in [6, 6.07) is 11.4. The minimum Gasteiger partial charge on any atom is -0.423 e. The van der Waals surface area contributed by atoms with Crippen LogP contribution >= 0.6 is 11.6 Å². The smallest absolute Gasteiger partial charge is 0.423 e. The molecule has 0 unspecified atom stereocenters. The molecule has 1 aliphatic rings. The minimum absolute atomic E-state index is 0.530. The second-order valence-corrected chi connectivity index (χ2v) is 4.70. The first kappa shape index (κ1) is 10.8. The van der Waals surface area contributed by atoms with Crippen molar-refractivity contribution < 1.29 is 10.0 Å². The van der Waals surface area contributed by atoms with E-state index in [9.17, 15) is 0 Å². The molecule has 0 radical (unpaired) electrons. The molecule has 3 rings (SSSR count). The lowest BCUT2D eigenvalue weighted by Gasteiger charge is -2.04. The Labute approximate surface area is 105 Å². The van der Waals surface area contributed by atoms with Gasteiger partial charge in [0, 0.05) is 5.02 Å². The highest BCUT2D eigenvalue weighted by molar-refractivity contribution is 6.58. The monoisotopic (exact) mass is 244 g/mol. The van der Waals surface area contributed by atoms with Gasteiger partial charge in [-0.25, -0.2) is 0 Å². The fourth-order valence-corrected chi connectivity index (χ4v) is 2.55. The van der Waals surface area contributed by atoms with Crippen LogP contribution in [0, 0.1) is 0 Å². The predicted molar refractivity (Wildman–Crippen MR) is 69.5 cm³/mol. The Hall–Kier alpha value is -1.29. The predicted octanol–water partition coefficient (Wildman–Crippen LogP) is 1.59. The molecule has 0 aliphatic heterocycles. The Kier molecular flexibility index (Phi) is 2.47. The standard InChI is InChI=1S/C13H10BClO2/c15-11-2-4-13-9(7-11)5-8-6-10(14(16)17)1-3-12(8)13/h1-4,6-7,16-17H,5H2. The van der Waals surface area contributed by atoms with Crippen LogP contribution in [0.25, 0.3) is 11.1 Å². The van der Waals surface area contributed by atoms with Crippen LogP contribution in [0.3, 0.4) is 0 Å². The summed E-state index contributed by atoms with van der Waals surface area (Å²) in [4.78, 5) is 0. The molecular weight excluding hydrogens is 234 g/mol.